The van der Waals surface area contributed by atoms with Crippen LogP contribution in [0.25, 0.3) is 97.4 Å². The van der Waals surface area contributed by atoms with Crippen LogP contribution in [0.5, 0.6) is 0 Å². The normalized spacial score (nSPS) is 11.8. The highest BCUT2D eigenvalue weighted by atomic mass is 32.1. The molecule has 0 spiro atoms. The Morgan fingerprint density at radius 3 is 1.78 bits per heavy atom. The summed E-state index contributed by atoms with van der Waals surface area (Å²) in [5.74, 6) is 0. The smallest absolute Gasteiger partial charge is 0.159 e. The lowest BCUT2D eigenvalue weighted by Crippen LogP contribution is -2.10. The summed E-state index contributed by atoms with van der Waals surface area (Å²) in [6.45, 7) is 0. The van der Waals surface area contributed by atoms with Gasteiger partial charge >= 0.3 is 0 Å². The maximum absolute atomic E-state index is 7.01. The van der Waals surface area contributed by atoms with Crippen molar-refractivity contribution in [3.8, 4) is 33.4 Å². The van der Waals surface area contributed by atoms with E-state index >= 15 is 0 Å². The minimum Gasteiger partial charge on any atom is -0.455 e. The first-order chi connectivity index (χ1) is 28.7. The van der Waals surface area contributed by atoms with Crippen LogP contribution in [0.15, 0.2) is 209 Å². The van der Waals surface area contributed by atoms with Gasteiger partial charge in [-0.2, -0.15) is 0 Å². The molecule has 0 unspecified atom stereocenters. The van der Waals surface area contributed by atoms with E-state index in [0.29, 0.717) is 0 Å². The lowest BCUT2D eigenvalue weighted by molar-refractivity contribution is 0.668. The van der Waals surface area contributed by atoms with Gasteiger partial charge in [0, 0.05) is 47.6 Å². The van der Waals surface area contributed by atoms with E-state index in [9.17, 15) is 0 Å². The van der Waals surface area contributed by atoms with E-state index in [1.165, 1.54) is 31.3 Å². The molecule has 9 aromatic carbocycles. The van der Waals surface area contributed by atoms with Crippen LogP contribution in [0.4, 0.5) is 17.1 Å². The van der Waals surface area contributed by atoms with E-state index in [-0.39, 0.29) is 0 Å². The molecule has 12 rings (SSSR count). The maximum atomic E-state index is 7.01. The first-order valence-electron chi connectivity index (χ1n) is 19.6. The number of hydrogen-bond acceptors (Lipinski definition) is 4. The predicted molar refractivity (Wildman–Crippen MR) is 245 cm³/mol. The van der Waals surface area contributed by atoms with E-state index in [0.717, 1.165) is 83.2 Å². The van der Waals surface area contributed by atoms with Gasteiger partial charge < -0.3 is 13.7 Å². The van der Waals surface area contributed by atoms with Crippen LogP contribution < -0.4 is 4.90 Å². The first kappa shape index (κ1) is 32.8. The van der Waals surface area contributed by atoms with Gasteiger partial charge in [0.2, 0.25) is 0 Å². The number of benzene rings is 9. The molecule has 272 valence electrons. The highest BCUT2D eigenvalue weighted by Gasteiger charge is 2.26. The first-order valence-corrected chi connectivity index (χ1v) is 20.4. The summed E-state index contributed by atoms with van der Waals surface area (Å²) in [6.07, 6.45) is 0. The van der Waals surface area contributed by atoms with Crippen LogP contribution in [-0.2, 0) is 0 Å². The fourth-order valence-corrected chi connectivity index (χ4v) is 9.86. The highest BCUT2D eigenvalue weighted by Crippen LogP contribution is 2.50. The second-order valence-corrected chi connectivity index (χ2v) is 15.9. The third kappa shape index (κ3) is 5.19. The van der Waals surface area contributed by atoms with E-state index in [2.05, 4.69) is 199 Å². The van der Waals surface area contributed by atoms with Crippen molar-refractivity contribution >= 4 is 92.4 Å². The topological polar surface area (TPSA) is 29.5 Å². The fourth-order valence-electron chi connectivity index (χ4n) is 8.73. The Labute approximate surface area is 338 Å². The van der Waals surface area contributed by atoms with Gasteiger partial charge in [-0.1, -0.05) is 140 Å². The van der Waals surface area contributed by atoms with Crippen molar-refractivity contribution in [2.45, 2.75) is 0 Å². The van der Waals surface area contributed by atoms with Crippen molar-refractivity contribution in [3.63, 3.8) is 0 Å². The minimum atomic E-state index is 0.839. The molecule has 0 aliphatic heterocycles. The Morgan fingerprint density at radius 2 is 1.00 bits per heavy atom. The van der Waals surface area contributed by atoms with Crippen LogP contribution in [0, 0.1) is 0 Å². The Morgan fingerprint density at radius 1 is 0.345 bits per heavy atom. The van der Waals surface area contributed by atoms with Crippen molar-refractivity contribution in [3.05, 3.63) is 200 Å². The Bertz CT molecular complexity index is 3510. The van der Waals surface area contributed by atoms with Gasteiger partial charge in [-0.15, -0.1) is 11.3 Å². The number of fused-ring (bicyclic) bond motifs is 9. The number of para-hydroxylation sites is 2. The average molecular weight is 760 g/mol. The van der Waals surface area contributed by atoms with E-state index in [1.54, 1.807) is 0 Å². The molecule has 0 radical (unpaired) electrons. The average Bonchev–Trinajstić information content (AvgIpc) is 3.99. The zero-order chi connectivity index (χ0) is 38.2. The molecule has 0 bridgehead atoms. The third-order valence-corrected chi connectivity index (χ3v) is 12.6. The number of hydrogen-bond donors (Lipinski definition) is 0. The summed E-state index contributed by atoms with van der Waals surface area (Å²) in [4.78, 5) is 2.38. The summed E-state index contributed by atoms with van der Waals surface area (Å²) in [7, 11) is 0. The van der Waals surface area contributed by atoms with Crippen LogP contribution in [0.2, 0.25) is 0 Å². The Kier molecular flexibility index (Phi) is 7.40. The van der Waals surface area contributed by atoms with Gasteiger partial charge in [0.1, 0.15) is 16.7 Å². The molecule has 0 atom stereocenters. The zero-order valence-electron chi connectivity index (χ0n) is 31.2. The van der Waals surface area contributed by atoms with Crippen molar-refractivity contribution in [2.75, 3.05) is 4.90 Å². The summed E-state index contributed by atoms with van der Waals surface area (Å²) < 4.78 is 16.3. The molecule has 12 aromatic rings. The molecule has 58 heavy (non-hydrogen) atoms. The maximum Gasteiger partial charge on any atom is 0.159 e. The van der Waals surface area contributed by atoms with Gasteiger partial charge in [0.05, 0.1) is 16.8 Å². The molecule has 3 nitrogen and oxygen atoms in total. The second-order valence-electron chi connectivity index (χ2n) is 14.8. The summed E-state index contributed by atoms with van der Waals surface area (Å²) in [5, 5.41) is 6.75. The van der Waals surface area contributed by atoms with Crippen molar-refractivity contribution in [2.24, 2.45) is 0 Å². The van der Waals surface area contributed by atoms with E-state index in [1.807, 2.05) is 17.4 Å². The quantitative estimate of drug-likeness (QED) is 0.169. The number of rotatable bonds is 6. The van der Waals surface area contributed by atoms with Crippen molar-refractivity contribution < 1.29 is 8.83 Å². The van der Waals surface area contributed by atoms with Gasteiger partial charge in [-0.3, -0.25) is 0 Å². The van der Waals surface area contributed by atoms with Gasteiger partial charge in [0.15, 0.2) is 5.58 Å². The molecule has 0 aliphatic rings. The molecule has 0 N–H and O–H groups in total. The molecule has 3 heterocycles. The number of anilines is 3. The highest BCUT2D eigenvalue weighted by molar-refractivity contribution is 7.25. The van der Waals surface area contributed by atoms with E-state index in [4.69, 9.17) is 8.83 Å². The lowest BCUT2D eigenvalue weighted by atomic mass is 9.98. The molecule has 0 saturated carbocycles. The van der Waals surface area contributed by atoms with Crippen LogP contribution in [0.3, 0.4) is 0 Å². The fraction of sp³-hybridized carbons (Fsp3) is 0. The van der Waals surface area contributed by atoms with Crippen molar-refractivity contribution in [1.82, 2.24) is 0 Å². The van der Waals surface area contributed by atoms with Crippen LogP contribution >= 0.6 is 11.3 Å². The number of thiophene rings is 1. The summed E-state index contributed by atoms with van der Waals surface area (Å²) >= 11 is 1.84. The SMILES string of the molecule is c1ccc(-c2ccc3c(c2)oc2c(-c4ccccc4)ccc(N(c4ccc5sc6cc(-c7ccccc7)ccc6c5c4)c4cccc5c4oc4ccccc45)c23)cc1. The van der Waals surface area contributed by atoms with Crippen LogP contribution in [-0.4, -0.2) is 0 Å². The molecule has 0 aliphatic carbocycles. The second kappa shape index (κ2) is 13.1. The van der Waals surface area contributed by atoms with Crippen molar-refractivity contribution in [1.29, 1.82) is 0 Å². The van der Waals surface area contributed by atoms with Gasteiger partial charge in [0.25, 0.3) is 0 Å². The van der Waals surface area contributed by atoms with Crippen LogP contribution in [0.1, 0.15) is 0 Å². The molecule has 4 heteroatoms. The van der Waals surface area contributed by atoms with Gasteiger partial charge in [-0.05, 0) is 88.5 Å². The molecule has 3 aromatic heterocycles. The Hall–Kier alpha value is -7.40. The Balaban J connectivity index is 1.14. The third-order valence-electron chi connectivity index (χ3n) is 11.5. The molecule has 0 saturated heterocycles. The largest absolute Gasteiger partial charge is 0.455 e. The molecule has 0 fully saturated rings. The predicted octanol–water partition coefficient (Wildman–Crippen LogP) is 16.3. The minimum absolute atomic E-state index is 0.839. The van der Waals surface area contributed by atoms with E-state index < -0.39 is 0 Å². The number of furan rings is 2. The molecular weight excluding hydrogens is 727 g/mol. The lowest BCUT2D eigenvalue weighted by Gasteiger charge is -2.27. The molecule has 0 amide bonds. The number of nitrogens with zero attached hydrogens (tertiary/aromatic N) is 1. The molecular formula is C54H33NO2S. The zero-order valence-corrected chi connectivity index (χ0v) is 32.0. The summed E-state index contributed by atoms with van der Waals surface area (Å²) in [5.41, 5.74) is 13.3. The van der Waals surface area contributed by atoms with Gasteiger partial charge in [-0.25, -0.2) is 0 Å². The summed E-state index contributed by atoms with van der Waals surface area (Å²) in [6, 6.07) is 71.3. The monoisotopic (exact) mass is 759 g/mol. The standard InChI is InChI=1S/C54H33NO2S/c1-4-13-34(14-5-1)37-24-27-44-49(31-37)57-54-40(36-17-8-3-9-18-36)28-29-46(52(44)54)55(47-21-12-20-43-41-19-10-11-22-48(41)56-53(43)47)39-25-30-50-45(33-39)42-26-23-38(32-51(42)58-50)35-15-6-2-7-16-35/h1-33H.